The third-order valence-electron chi connectivity index (χ3n) is 3.26. The van der Waals surface area contributed by atoms with E-state index in [1.807, 2.05) is 6.92 Å². The molecule has 27 heavy (non-hydrogen) atoms. The lowest BCUT2D eigenvalue weighted by Crippen LogP contribution is -2.37. The second kappa shape index (κ2) is 11.4. The van der Waals surface area contributed by atoms with Crippen LogP contribution in [0, 0.1) is 0 Å². The van der Waals surface area contributed by atoms with E-state index in [1.165, 1.54) is 18.5 Å². The highest BCUT2D eigenvalue weighted by molar-refractivity contribution is 14.0. The number of benzene rings is 1. The number of halogens is 5. The lowest BCUT2D eigenvalue weighted by atomic mass is 10.2. The Morgan fingerprint density at radius 3 is 2.67 bits per heavy atom. The van der Waals surface area contributed by atoms with Gasteiger partial charge in [0.1, 0.15) is 17.9 Å². The summed E-state index contributed by atoms with van der Waals surface area (Å²) in [5, 5.41) is 10.4. The van der Waals surface area contributed by atoms with E-state index in [-0.39, 0.29) is 41.3 Å². The quantitative estimate of drug-likeness (QED) is 0.322. The molecule has 1 aromatic carbocycles. The van der Waals surface area contributed by atoms with Gasteiger partial charge in [0.15, 0.2) is 5.96 Å². The number of guanidine groups is 1. The number of aromatic nitrogens is 3. The highest BCUT2D eigenvalue weighted by Crippen LogP contribution is 2.34. The van der Waals surface area contributed by atoms with Crippen molar-refractivity contribution < 1.29 is 13.5 Å². The average molecular weight is 535 g/mol. The molecule has 0 amide bonds. The minimum Gasteiger partial charge on any atom is -0.433 e. The fourth-order valence-electron chi connectivity index (χ4n) is 2.10. The lowest BCUT2D eigenvalue weighted by molar-refractivity contribution is -0.0503. The molecular formula is C15H19Cl2F2IN6O. The van der Waals surface area contributed by atoms with Crippen LogP contribution in [0.3, 0.4) is 0 Å². The van der Waals surface area contributed by atoms with E-state index < -0.39 is 6.61 Å². The zero-order valence-electron chi connectivity index (χ0n) is 14.5. The number of nitrogens with zero attached hydrogens (tertiary/aromatic N) is 4. The zero-order valence-corrected chi connectivity index (χ0v) is 18.4. The Morgan fingerprint density at radius 1 is 1.33 bits per heavy atom. The molecule has 0 bridgehead atoms. The number of rotatable bonds is 7. The number of hydrogen-bond acceptors (Lipinski definition) is 4. The van der Waals surface area contributed by atoms with E-state index in [1.54, 1.807) is 11.7 Å². The third kappa shape index (κ3) is 7.26. The van der Waals surface area contributed by atoms with Gasteiger partial charge in [0, 0.05) is 24.2 Å². The summed E-state index contributed by atoms with van der Waals surface area (Å²) in [5.41, 5.74) is 0.346. The summed E-state index contributed by atoms with van der Waals surface area (Å²) < 4.78 is 31.4. The summed E-state index contributed by atoms with van der Waals surface area (Å²) in [6.45, 7) is -0.0588. The summed E-state index contributed by atoms with van der Waals surface area (Å²) in [6.07, 6.45) is 1.45. The maximum atomic E-state index is 12.6. The number of alkyl halides is 2. The zero-order chi connectivity index (χ0) is 19.1. The van der Waals surface area contributed by atoms with E-state index >= 15 is 0 Å². The van der Waals surface area contributed by atoms with Crippen LogP contribution in [-0.4, -0.2) is 33.9 Å². The fraction of sp³-hybridized carbons (Fsp3) is 0.400. The van der Waals surface area contributed by atoms with Gasteiger partial charge in [-0.05, 0) is 19.1 Å². The molecule has 0 saturated heterocycles. The van der Waals surface area contributed by atoms with Gasteiger partial charge in [-0.1, -0.05) is 23.2 Å². The number of aliphatic imine (C=N–C) groups is 1. The molecule has 0 unspecified atom stereocenters. The monoisotopic (exact) mass is 534 g/mol. The van der Waals surface area contributed by atoms with Gasteiger partial charge < -0.3 is 15.4 Å². The molecule has 0 spiro atoms. The smallest absolute Gasteiger partial charge is 0.387 e. The predicted octanol–water partition coefficient (Wildman–Crippen LogP) is 3.60. The van der Waals surface area contributed by atoms with Crippen LogP contribution in [0.4, 0.5) is 8.78 Å². The van der Waals surface area contributed by atoms with Crippen molar-refractivity contribution in [2.75, 3.05) is 6.54 Å². The molecule has 7 nitrogen and oxygen atoms in total. The lowest BCUT2D eigenvalue weighted by Gasteiger charge is -2.14. The van der Waals surface area contributed by atoms with Gasteiger partial charge in [0.2, 0.25) is 0 Å². The molecule has 2 N–H and O–H groups in total. The van der Waals surface area contributed by atoms with Crippen LogP contribution in [-0.2, 0) is 20.1 Å². The molecule has 0 aliphatic rings. The maximum Gasteiger partial charge on any atom is 0.387 e. The SMILES string of the molecule is CCNC(=NCc1cc(Cl)cc(Cl)c1OC(F)F)NCc1ncnn1C.I. The minimum atomic E-state index is -3.00. The molecule has 1 heterocycles. The van der Waals surface area contributed by atoms with Crippen LogP contribution in [0.15, 0.2) is 23.5 Å². The van der Waals surface area contributed by atoms with Gasteiger partial charge in [0.05, 0.1) is 18.1 Å². The normalized spacial score (nSPS) is 11.3. The molecule has 150 valence electrons. The van der Waals surface area contributed by atoms with E-state index in [0.717, 1.165) is 0 Å². The molecule has 0 atom stereocenters. The molecule has 2 aromatic rings. The third-order valence-corrected chi connectivity index (χ3v) is 3.76. The van der Waals surface area contributed by atoms with Crippen LogP contribution in [0.1, 0.15) is 18.3 Å². The summed E-state index contributed by atoms with van der Waals surface area (Å²) >= 11 is 11.9. The van der Waals surface area contributed by atoms with Gasteiger partial charge in [-0.25, -0.2) is 9.98 Å². The number of nitrogens with one attached hydrogen (secondary N) is 2. The molecule has 1 aromatic heterocycles. The van der Waals surface area contributed by atoms with Crippen molar-refractivity contribution in [2.24, 2.45) is 12.0 Å². The van der Waals surface area contributed by atoms with Gasteiger partial charge in [-0.3, -0.25) is 4.68 Å². The molecule has 0 saturated carbocycles. The first-order valence-electron chi connectivity index (χ1n) is 7.68. The molecule has 0 aliphatic heterocycles. The van der Waals surface area contributed by atoms with Crippen molar-refractivity contribution in [1.82, 2.24) is 25.4 Å². The van der Waals surface area contributed by atoms with E-state index in [9.17, 15) is 8.78 Å². The van der Waals surface area contributed by atoms with Crippen LogP contribution in [0.25, 0.3) is 0 Å². The Kier molecular flexibility index (Phi) is 10.0. The molecule has 0 fully saturated rings. The van der Waals surface area contributed by atoms with Gasteiger partial charge in [0.25, 0.3) is 0 Å². The average Bonchev–Trinajstić information content (AvgIpc) is 2.98. The summed E-state index contributed by atoms with van der Waals surface area (Å²) in [4.78, 5) is 8.46. The molecule has 2 rings (SSSR count). The van der Waals surface area contributed by atoms with Crippen molar-refractivity contribution in [2.45, 2.75) is 26.6 Å². The van der Waals surface area contributed by atoms with Gasteiger partial charge in [-0.15, -0.1) is 24.0 Å². The Bertz CT molecular complexity index is 775. The second-order valence-electron chi connectivity index (χ2n) is 5.10. The van der Waals surface area contributed by atoms with Crippen molar-refractivity contribution in [3.05, 3.63) is 39.9 Å². The highest BCUT2D eigenvalue weighted by Gasteiger charge is 2.15. The van der Waals surface area contributed by atoms with E-state index in [0.29, 0.717) is 35.5 Å². The van der Waals surface area contributed by atoms with Crippen molar-refractivity contribution in [3.63, 3.8) is 0 Å². The first kappa shape index (κ1) is 23.6. The van der Waals surface area contributed by atoms with Crippen LogP contribution in [0.2, 0.25) is 10.0 Å². The van der Waals surface area contributed by atoms with E-state index in [4.69, 9.17) is 23.2 Å². The Balaban J connectivity index is 0.00000364. The highest BCUT2D eigenvalue weighted by atomic mass is 127. The van der Waals surface area contributed by atoms with Crippen LogP contribution >= 0.6 is 47.2 Å². The van der Waals surface area contributed by atoms with E-state index in [2.05, 4.69) is 30.4 Å². The van der Waals surface area contributed by atoms with Crippen LogP contribution < -0.4 is 15.4 Å². The van der Waals surface area contributed by atoms with Gasteiger partial charge >= 0.3 is 6.61 Å². The van der Waals surface area contributed by atoms with Crippen LogP contribution in [0.5, 0.6) is 5.75 Å². The summed E-state index contributed by atoms with van der Waals surface area (Å²) in [7, 11) is 1.77. The first-order chi connectivity index (χ1) is 12.4. The van der Waals surface area contributed by atoms with Crippen molar-refractivity contribution in [1.29, 1.82) is 0 Å². The Morgan fingerprint density at radius 2 is 2.07 bits per heavy atom. The minimum absolute atomic E-state index is 0. The Hall–Kier alpha value is -1.40. The second-order valence-corrected chi connectivity index (χ2v) is 5.95. The number of hydrogen-bond donors (Lipinski definition) is 2. The molecule has 12 heteroatoms. The summed E-state index contributed by atoms with van der Waals surface area (Å²) in [6, 6.07) is 2.83. The maximum absolute atomic E-state index is 12.6. The number of ether oxygens (including phenoxy) is 1. The molecular weight excluding hydrogens is 516 g/mol. The van der Waals surface area contributed by atoms with Crippen molar-refractivity contribution in [3.8, 4) is 5.75 Å². The standard InChI is InChI=1S/C15H18Cl2F2N6O.HI/c1-3-20-15(22-7-12-23-8-24-25(12)2)21-6-9-4-10(16)5-11(17)13(9)26-14(18)19;/h4-5,8,14H,3,6-7H2,1-2H3,(H2,20,21,22);1H. The largest absolute Gasteiger partial charge is 0.433 e. The Labute approximate surface area is 182 Å². The van der Waals surface area contributed by atoms with Gasteiger partial charge in [-0.2, -0.15) is 13.9 Å². The molecule has 0 radical (unpaired) electrons. The first-order valence-corrected chi connectivity index (χ1v) is 8.44. The molecule has 0 aliphatic carbocycles. The van der Waals surface area contributed by atoms with Crippen molar-refractivity contribution >= 4 is 53.1 Å². The summed E-state index contributed by atoms with van der Waals surface area (Å²) in [5.74, 6) is 1.04. The fourth-order valence-corrected chi connectivity index (χ4v) is 2.68. The number of aryl methyl sites for hydroxylation is 1. The topological polar surface area (TPSA) is 76.4 Å². The predicted molar refractivity (Wildman–Crippen MR) is 111 cm³/mol.